The van der Waals surface area contributed by atoms with Crippen molar-refractivity contribution in [3.05, 3.63) is 96.2 Å². The second-order valence-corrected chi connectivity index (χ2v) is 8.28. The van der Waals surface area contributed by atoms with Gasteiger partial charge in [-0.1, -0.05) is 23.7 Å². The van der Waals surface area contributed by atoms with Crippen LogP contribution >= 0.6 is 11.6 Å². The van der Waals surface area contributed by atoms with E-state index in [1.165, 1.54) is 7.11 Å². The summed E-state index contributed by atoms with van der Waals surface area (Å²) in [6.07, 6.45) is 9.00. The molecule has 0 fully saturated rings. The Morgan fingerprint density at radius 3 is 2.75 bits per heavy atom. The fourth-order valence-electron chi connectivity index (χ4n) is 3.69. The molecule has 0 aliphatic carbocycles. The number of anilines is 3. The minimum atomic E-state index is -0.426. The molecule has 3 aromatic heterocycles. The van der Waals surface area contributed by atoms with Gasteiger partial charge in [0.25, 0.3) is 0 Å². The van der Waals surface area contributed by atoms with Crippen LogP contribution in [0.1, 0.15) is 5.56 Å². The summed E-state index contributed by atoms with van der Waals surface area (Å²) in [6, 6.07) is 15.9. The van der Waals surface area contributed by atoms with Crippen molar-refractivity contribution in [2.24, 2.45) is 0 Å². The van der Waals surface area contributed by atoms with E-state index in [1.807, 2.05) is 47.1 Å². The van der Waals surface area contributed by atoms with Gasteiger partial charge in [-0.2, -0.15) is 0 Å². The van der Waals surface area contributed by atoms with E-state index in [0.717, 1.165) is 22.5 Å². The molecular formula is C26H22ClN7O2. The first-order valence-corrected chi connectivity index (χ1v) is 11.5. The van der Waals surface area contributed by atoms with Crippen molar-refractivity contribution in [1.82, 2.24) is 19.4 Å². The molecule has 0 aliphatic rings. The Morgan fingerprint density at radius 2 is 1.92 bits per heavy atom. The third-order valence-corrected chi connectivity index (χ3v) is 5.64. The molecule has 0 unspecified atom stereocenters. The molecule has 0 saturated heterocycles. The Balaban J connectivity index is 1.37. The number of urea groups is 1. The van der Waals surface area contributed by atoms with Gasteiger partial charge in [-0.3, -0.25) is 4.98 Å². The Morgan fingerprint density at radius 1 is 1.06 bits per heavy atom. The summed E-state index contributed by atoms with van der Waals surface area (Å²) in [5.41, 5.74) is 4.42. The van der Waals surface area contributed by atoms with Crippen LogP contribution in [-0.2, 0) is 6.54 Å². The van der Waals surface area contributed by atoms with Gasteiger partial charge in [0.05, 0.1) is 18.5 Å². The third kappa shape index (κ3) is 5.21. The minimum absolute atomic E-state index is 0.426. The lowest BCUT2D eigenvalue weighted by molar-refractivity contribution is 0.262. The molecule has 0 atom stereocenters. The Bertz CT molecular complexity index is 1520. The number of aromatic nitrogens is 4. The van der Waals surface area contributed by atoms with E-state index in [-0.39, 0.29) is 0 Å². The van der Waals surface area contributed by atoms with Crippen molar-refractivity contribution in [2.45, 2.75) is 6.54 Å². The molecule has 2 amide bonds. The van der Waals surface area contributed by atoms with Crippen LogP contribution in [0.3, 0.4) is 0 Å². The molecule has 36 heavy (non-hydrogen) atoms. The third-order valence-electron chi connectivity index (χ3n) is 5.41. The number of fused-ring (bicyclic) bond motifs is 1. The summed E-state index contributed by atoms with van der Waals surface area (Å²) >= 11 is 6.06. The van der Waals surface area contributed by atoms with Gasteiger partial charge in [0.1, 0.15) is 5.75 Å². The number of ether oxygens (including phenoxy) is 1. The fraction of sp³-hybridized carbons (Fsp3) is 0.0769. The molecule has 0 spiro atoms. The highest BCUT2D eigenvalue weighted by Gasteiger charge is 2.12. The van der Waals surface area contributed by atoms with Crippen LogP contribution in [0.2, 0.25) is 5.02 Å². The van der Waals surface area contributed by atoms with Crippen LogP contribution < -0.4 is 20.7 Å². The number of nitrogens with one attached hydrogen (secondary N) is 3. The number of methoxy groups -OCH3 is 1. The number of rotatable bonds is 7. The smallest absolute Gasteiger partial charge is 0.323 e. The average molecular weight is 500 g/mol. The van der Waals surface area contributed by atoms with E-state index in [4.69, 9.17) is 21.3 Å². The zero-order valence-corrected chi connectivity index (χ0v) is 20.0. The summed E-state index contributed by atoms with van der Waals surface area (Å²) in [5.74, 6) is 1.16. The molecule has 0 radical (unpaired) electrons. The zero-order chi connectivity index (χ0) is 24.9. The fourth-order valence-corrected chi connectivity index (χ4v) is 3.87. The van der Waals surface area contributed by atoms with Crippen molar-refractivity contribution >= 4 is 40.5 Å². The lowest BCUT2D eigenvalue weighted by atomic mass is 10.1. The van der Waals surface area contributed by atoms with Crippen molar-refractivity contribution < 1.29 is 9.53 Å². The number of hydrogen-bond donors (Lipinski definition) is 3. The van der Waals surface area contributed by atoms with E-state index in [9.17, 15) is 4.79 Å². The Labute approximate surface area is 212 Å². The number of hydrogen-bond acceptors (Lipinski definition) is 6. The second-order valence-electron chi connectivity index (χ2n) is 7.85. The first-order chi connectivity index (χ1) is 17.6. The average Bonchev–Trinajstić information content (AvgIpc) is 3.37. The lowest BCUT2D eigenvalue weighted by Crippen LogP contribution is -2.19. The van der Waals surface area contributed by atoms with Gasteiger partial charge in [0, 0.05) is 53.8 Å². The maximum Gasteiger partial charge on any atom is 0.323 e. The molecule has 9 nitrogen and oxygen atoms in total. The SMILES string of the molecule is COc1ccc(Cl)cc1NC(=O)Nc1cccc(-c2cn3ccnc3c(NCc3ccncc3)n2)c1. The summed E-state index contributed by atoms with van der Waals surface area (Å²) in [6.45, 7) is 0.580. The first-order valence-electron chi connectivity index (χ1n) is 11.1. The maximum absolute atomic E-state index is 12.7. The molecule has 0 bridgehead atoms. The van der Waals surface area contributed by atoms with Crippen molar-refractivity contribution in [3.8, 4) is 17.0 Å². The van der Waals surface area contributed by atoms with Crippen molar-refractivity contribution in [3.63, 3.8) is 0 Å². The number of pyridine rings is 1. The van der Waals surface area contributed by atoms with Crippen molar-refractivity contribution in [1.29, 1.82) is 0 Å². The molecule has 5 rings (SSSR count). The van der Waals surface area contributed by atoms with E-state index >= 15 is 0 Å². The van der Waals surface area contributed by atoms with Gasteiger partial charge >= 0.3 is 6.03 Å². The lowest BCUT2D eigenvalue weighted by Gasteiger charge is -2.13. The topological polar surface area (TPSA) is 105 Å². The van der Waals surface area contributed by atoms with Gasteiger partial charge < -0.3 is 25.1 Å². The minimum Gasteiger partial charge on any atom is -0.495 e. The molecule has 3 N–H and O–H groups in total. The molecule has 0 aliphatic heterocycles. The highest BCUT2D eigenvalue weighted by Crippen LogP contribution is 2.28. The van der Waals surface area contributed by atoms with E-state index < -0.39 is 6.03 Å². The molecule has 3 heterocycles. The maximum atomic E-state index is 12.7. The standard InChI is InChI=1S/C26H22ClN7O2/c1-36-23-6-5-19(27)14-21(23)33-26(35)31-20-4-2-3-18(13-20)22-16-34-12-11-29-25(34)24(32-22)30-15-17-7-9-28-10-8-17/h2-14,16H,15H2,1H3,(H,30,32)(H2,31,33,35). The highest BCUT2D eigenvalue weighted by atomic mass is 35.5. The van der Waals surface area contributed by atoms with Crippen LogP contribution in [0.4, 0.5) is 22.0 Å². The Kier molecular flexibility index (Phi) is 6.63. The number of benzene rings is 2. The normalized spacial score (nSPS) is 10.7. The quantitative estimate of drug-likeness (QED) is 0.265. The second kappa shape index (κ2) is 10.3. The summed E-state index contributed by atoms with van der Waals surface area (Å²) in [7, 11) is 1.53. The Hall–Kier alpha value is -4.63. The molecule has 0 saturated carbocycles. The largest absolute Gasteiger partial charge is 0.495 e. The number of imidazole rings is 1. The van der Waals surface area contributed by atoms with Crippen LogP contribution in [0.15, 0.2) is 85.6 Å². The number of carbonyl (C=O) groups is 1. The van der Waals surface area contributed by atoms with Crippen LogP contribution in [0.25, 0.3) is 16.9 Å². The highest BCUT2D eigenvalue weighted by molar-refractivity contribution is 6.31. The number of halogens is 1. The van der Waals surface area contributed by atoms with Gasteiger partial charge in [-0.15, -0.1) is 0 Å². The number of carbonyl (C=O) groups excluding carboxylic acids is 1. The van der Waals surface area contributed by atoms with Crippen molar-refractivity contribution in [2.75, 3.05) is 23.1 Å². The summed E-state index contributed by atoms with van der Waals surface area (Å²) < 4.78 is 7.20. The van der Waals surface area contributed by atoms with Gasteiger partial charge in [0.15, 0.2) is 11.5 Å². The first kappa shape index (κ1) is 23.1. The van der Waals surface area contributed by atoms with Crippen LogP contribution in [0.5, 0.6) is 5.75 Å². The van der Waals surface area contributed by atoms with E-state index in [0.29, 0.717) is 34.5 Å². The van der Waals surface area contributed by atoms with Crippen LogP contribution in [0, 0.1) is 0 Å². The molecular weight excluding hydrogens is 478 g/mol. The van der Waals surface area contributed by atoms with Gasteiger partial charge in [-0.05, 0) is 48.0 Å². The van der Waals surface area contributed by atoms with E-state index in [2.05, 4.69) is 25.9 Å². The molecule has 10 heteroatoms. The monoisotopic (exact) mass is 499 g/mol. The summed E-state index contributed by atoms with van der Waals surface area (Å²) in [4.78, 5) is 25.9. The molecule has 2 aromatic carbocycles. The number of nitrogens with zero attached hydrogens (tertiary/aromatic N) is 4. The van der Waals surface area contributed by atoms with Gasteiger partial charge in [0.2, 0.25) is 0 Å². The predicted molar refractivity (Wildman–Crippen MR) is 141 cm³/mol. The number of amides is 2. The van der Waals surface area contributed by atoms with Crippen LogP contribution in [-0.4, -0.2) is 32.5 Å². The van der Waals surface area contributed by atoms with E-state index in [1.54, 1.807) is 42.9 Å². The molecule has 5 aromatic rings. The predicted octanol–water partition coefficient (Wildman–Crippen LogP) is 5.71. The summed E-state index contributed by atoms with van der Waals surface area (Å²) in [5, 5.41) is 9.47. The molecule has 180 valence electrons. The van der Waals surface area contributed by atoms with Gasteiger partial charge in [-0.25, -0.2) is 14.8 Å². The zero-order valence-electron chi connectivity index (χ0n) is 19.3.